The Morgan fingerprint density at radius 1 is 1.04 bits per heavy atom. The van der Waals surface area contributed by atoms with Crippen LogP contribution in [-0.4, -0.2) is 31.4 Å². The average molecular weight is 376 g/mol. The van der Waals surface area contributed by atoms with Crippen molar-refractivity contribution in [2.45, 2.75) is 38.6 Å². The van der Waals surface area contributed by atoms with Crippen molar-refractivity contribution in [3.05, 3.63) is 65.2 Å². The van der Waals surface area contributed by atoms with Crippen LogP contribution >= 0.6 is 0 Å². The molecule has 0 unspecified atom stereocenters. The van der Waals surface area contributed by atoms with E-state index in [1.54, 1.807) is 13.8 Å². The van der Waals surface area contributed by atoms with Crippen molar-refractivity contribution in [1.82, 2.24) is 20.2 Å². The van der Waals surface area contributed by atoms with Gasteiger partial charge in [-0.3, -0.25) is 0 Å². The molecular formula is C19H19F3N4O. The van der Waals surface area contributed by atoms with Gasteiger partial charge in [-0.2, -0.15) is 18.0 Å². The fourth-order valence-electron chi connectivity index (χ4n) is 2.62. The number of hydrogen-bond donors (Lipinski definition) is 1. The van der Waals surface area contributed by atoms with Crippen LogP contribution in [0.15, 0.2) is 48.5 Å². The molecule has 27 heavy (non-hydrogen) atoms. The van der Waals surface area contributed by atoms with E-state index in [-0.39, 0.29) is 6.04 Å². The van der Waals surface area contributed by atoms with Crippen LogP contribution in [0.5, 0.6) is 0 Å². The van der Waals surface area contributed by atoms with Gasteiger partial charge in [0.1, 0.15) is 0 Å². The Morgan fingerprint density at radius 3 is 2.33 bits per heavy atom. The molecule has 5 nitrogen and oxygen atoms in total. The van der Waals surface area contributed by atoms with Crippen LogP contribution in [0, 0.1) is 0 Å². The molecule has 0 spiro atoms. The first kappa shape index (κ1) is 19.0. The number of nitrogens with zero attached hydrogens (tertiary/aromatic N) is 4. The van der Waals surface area contributed by atoms with Gasteiger partial charge in [-0.15, -0.1) is 10.2 Å². The number of aliphatic hydroxyl groups is 1. The number of benzene rings is 2. The molecule has 142 valence electrons. The molecule has 2 atom stereocenters. The standard InChI is InChI=1S/C19H19F3N4O/c1-12(13(2)27)26-24-18(23-25-26)17-6-4-3-5-15(17)11-14-7-9-16(10-8-14)19(20,21)22/h3-10,12-13,27H,11H2,1-2H3/t12-,13+/m0/s1. The van der Waals surface area contributed by atoms with Gasteiger partial charge < -0.3 is 5.11 Å². The highest BCUT2D eigenvalue weighted by Crippen LogP contribution is 2.30. The monoisotopic (exact) mass is 376 g/mol. The van der Waals surface area contributed by atoms with E-state index in [4.69, 9.17) is 0 Å². The fourth-order valence-corrected chi connectivity index (χ4v) is 2.62. The summed E-state index contributed by atoms with van der Waals surface area (Å²) < 4.78 is 38.1. The van der Waals surface area contributed by atoms with Crippen LogP contribution in [0.25, 0.3) is 11.4 Å². The van der Waals surface area contributed by atoms with Crippen molar-refractivity contribution in [1.29, 1.82) is 0 Å². The molecule has 1 N–H and O–H groups in total. The summed E-state index contributed by atoms with van der Waals surface area (Å²) in [6, 6.07) is 12.2. The molecule has 0 amide bonds. The Balaban J connectivity index is 1.87. The first-order chi connectivity index (χ1) is 12.8. The molecule has 1 aromatic heterocycles. The zero-order chi connectivity index (χ0) is 19.6. The minimum absolute atomic E-state index is 0.326. The summed E-state index contributed by atoms with van der Waals surface area (Å²) in [5, 5.41) is 22.1. The summed E-state index contributed by atoms with van der Waals surface area (Å²) in [6.45, 7) is 3.43. The number of halogens is 3. The largest absolute Gasteiger partial charge is 0.416 e. The summed E-state index contributed by atoms with van der Waals surface area (Å²) in [6.07, 6.45) is -4.54. The van der Waals surface area contributed by atoms with Crippen molar-refractivity contribution >= 4 is 0 Å². The maximum Gasteiger partial charge on any atom is 0.416 e. The molecule has 1 heterocycles. The number of rotatable bonds is 5. The van der Waals surface area contributed by atoms with Gasteiger partial charge in [0.05, 0.1) is 17.7 Å². The normalized spacial score (nSPS) is 14.1. The molecule has 0 saturated carbocycles. The summed E-state index contributed by atoms with van der Waals surface area (Å²) in [5.41, 5.74) is 1.71. The predicted molar refractivity (Wildman–Crippen MR) is 93.9 cm³/mol. The van der Waals surface area contributed by atoms with E-state index in [0.29, 0.717) is 12.2 Å². The number of hydrogen-bond acceptors (Lipinski definition) is 4. The fraction of sp³-hybridized carbons (Fsp3) is 0.316. The molecule has 0 fully saturated rings. The highest BCUT2D eigenvalue weighted by atomic mass is 19.4. The van der Waals surface area contributed by atoms with Gasteiger partial charge in [0, 0.05) is 5.56 Å². The maximum absolute atomic E-state index is 12.7. The van der Waals surface area contributed by atoms with E-state index in [9.17, 15) is 18.3 Å². The molecule has 0 saturated heterocycles. The molecular weight excluding hydrogens is 357 g/mol. The maximum atomic E-state index is 12.7. The Hall–Kier alpha value is -2.74. The van der Waals surface area contributed by atoms with Crippen LogP contribution in [0.1, 0.15) is 36.6 Å². The molecule has 3 rings (SSSR count). The second kappa shape index (κ2) is 7.48. The third-order valence-corrected chi connectivity index (χ3v) is 4.42. The molecule has 2 aromatic carbocycles. The van der Waals surface area contributed by atoms with Crippen LogP contribution in [0.2, 0.25) is 0 Å². The zero-order valence-electron chi connectivity index (χ0n) is 14.9. The van der Waals surface area contributed by atoms with E-state index in [1.807, 2.05) is 24.3 Å². The van der Waals surface area contributed by atoms with Gasteiger partial charge in [0.15, 0.2) is 0 Å². The molecule has 3 aromatic rings. The number of tetrazole rings is 1. The second-order valence-electron chi connectivity index (χ2n) is 6.44. The van der Waals surface area contributed by atoms with Gasteiger partial charge in [-0.05, 0) is 48.7 Å². The summed E-state index contributed by atoms with van der Waals surface area (Å²) in [5.74, 6) is 0.407. The summed E-state index contributed by atoms with van der Waals surface area (Å²) in [4.78, 5) is 1.36. The average Bonchev–Trinajstić information content (AvgIpc) is 3.11. The van der Waals surface area contributed by atoms with Crippen LogP contribution in [0.3, 0.4) is 0 Å². The van der Waals surface area contributed by atoms with Gasteiger partial charge in [0.25, 0.3) is 0 Å². The van der Waals surface area contributed by atoms with Gasteiger partial charge in [-0.1, -0.05) is 36.4 Å². The van der Waals surface area contributed by atoms with E-state index in [1.165, 1.54) is 16.9 Å². The van der Waals surface area contributed by atoms with Crippen molar-refractivity contribution in [3.8, 4) is 11.4 Å². The number of aliphatic hydroxyl groups excluding tert-OH is 1. The molecule has 0 radical (unpaired) electrons. The lowest BCUT2D eigenvalue weighted by Crippen LogP contribution is -2.20. The van der Waals surface area contributed by atoms with E-state index in [0.717, 1.165) is 28.8 Å². The zero-order valence-corrected chi connectivity index (χ0v) is 14.9. The minimum Gasteiger partial charge on any atom is -0.391 e. The number of alkyl halides is 3. The molecule has 0 aliphatic heterocycles. The van der Waals surface area contributed by atoms with Crippen molar-refractivity contribution < 1.29 is 18.3 Å². The van der Waals surface area contributed by atoms with E-state index in [2.05, 4.69) is 15.4 Å². The van der Waals surface area contributed by atoms with Crippen LogP contribution in [-0.2, 0) is 12.6 Å². The quantitative estimate of drug-likeness (QED) is 0.734. The van der Waals surface area contributed by atoms with E-state index < -0.39 is 17.8 Å². The Bertz CT molecular complexity index is 904. The Kier molecular flexibility index (Phi) is 5.27. The van der Waals surface area contributed by atoms with Crippen molar-refractivity contribution in [2.75, 3.05) is 0 Å². The second-order valence-corrected chi connectivity index (χ2v) is 6.44. The lowest BCUT2D eigenvalue weighted by molar-refractivity contribution is -0.137. The highest BCUT2D eigenvalue weighted by Gasteiger charge is 2.30. The third-order valence-electron chi connectivity index (χ3n) is 4.42. The molecule has 0 aliphatic rings. The first-order valence-electron chi connectivity index (χ1n) is 8.47. The van der Waals surface area contributed by atoms with Crippen molar-refractivity contribution in [2.24, 2.45) is 0 Å². The lowest BCUT2D eigenvalue weighted by Gasteiger charge is -2.12. The van der Waals surface area contributed by atoms with Gasteiger partial charge >= 0.3 is 6.18 Å². The highest BCUT2D eigenvalue weighted by molar-refractivity contribution is 5.60. The van der Waals surface area contributed by atoms with Gasteiger partial charge in [-0.25, -0.2) is 0 Å². The lowest BCUT2D eigenvalue weighted by atomic mass is 9.98. The smallest absolute Gasteiger partial charge is 0.391 e. The van der Waals surface area contributed by atoms with Crippen LogP contribution < -0.4 is 0 Å². The van der Waals surface area contributed by atoms with Crippen LogP contribution in [0.4, 0.5) is 13.2 Å². The molecule has 0 bridgehead atoms. The SMILES string of the molecule is C[C@@H](O)[C@H](C)n1nnc(-c2ccccc2Cc2ccc(C(F)(F)F)cc2)n1. The topological polar surface area (TPSA) is 63.8 Å². The minimum atomic E-state index is -4.35. The van der Waals surface area contributed by atoms with Gasteiger partial charge in [0.2, 0.25) is 5.82 Å². The van der Waals surface area contributed by atoms with Crippen molar-refractivity contribution in [3.63, 3.8) is 0 Å². The Labute approximate surface area is 154 Å². The number of aromatic nitrogens is 4. The molecule has 0 aliphatic carbocycles. The van der Waals surface area contributed by atoms with E-state index >= 15 is 0 Å². The Morgan fingerprint density at radius 2 is 1.70 bits per heavy atom. The third kappa shape index (κ3) is 4.33. The molecule has 8 heteroatoms. The summed E-state index contributed by atoms with van der Waals surface area (Å²) in [7, 11) is 0. The first-order valence-corrected chi connectivity index (χ1v) is 8.47. The summed E-state index contributed by atoms with van der Waals surface area (Å²) >= 11 is 0. The predicted octanol–water partition coefficient (Wildman–Crippen LogP) is 3.89.